The molecule has 0 heterocycles. The third-order valence-corrected chi connectivity index (χ3v) is 3.61. The molecule has 0 unspecified atom stereocenters. The summed E-state index contributed by atoms with van der Waals surface area (Å²) in [5.74, 6) is -0.530. The fourth-order valence-electron chi connectivity index (χ4n) is 1.91. The summed E-state index contributed by atoms with van der Waals surface area (Å²) >= 11 is 0. The fraction of sp³-hybridized carbons (Fsp3) is 0.700. The van der Waals surface area contributed by atoms with Crippen LogP contribution in [0, 0.1) is 16.2 Å². The molecule has 0 aliphatic rings. The van der Waals surface area contributed by atoms with E-state index in [1.165, 1.54) is 0 Å². The van der Waals surface area contributed by atoms with Gasteiger partial charge >= 0.3 is 11.9 Å². The van der Waals surface area contributed by atoms with Crippen molar-refractivity contribution in [2.24, 2.45) is 16.2 Å². The number of rotatable bonds is 8. The summed E-state index contributed by atoms with van der Waals surface area (Å²) in [4.78, 5) is 24.2. The highest BCUT2D eigenvalue weighted by Gasteiger charge is 2.35. The standard InChI is InChI=1S/C20H34O4/c1-9-11-13-20(12-10-2,14-23-16(21)18(3,4)5)15-24-17(22)19(6,7)8/h9-11H,2,12-15H2,1,3-8H3/b11-9+. The minimum absolute atomic E-state index is 0.191. The maximum absolute atomic E-state index is 12.1. The van der Waals surface area contributed by atoms with Gasteiger partial charge in [0, 0.05) is 5.41 Å². The molecule has 0 aliphatic heterocycles. The van der Waals surface area contributed by atoms with E-state index in [4.69, 9.17) is 9.47 Å². The van der Waals surface area contributed by atoms with Crippen LogP contribution in [0.5, 0.6) is 0 Å². The Kier molecular flexibility index (Phi) is 8.45. The molecule has 0 amide bonds. The monoisotopic (exact) mass is 338 g/mol. The molecule has 138 valence electrons. The van der Waals surface area contributed by atoms with Crippen molar-refractivity contribution in [1.82, 2.24) is 0 Å². The van der Waals surface area contributed by atoms with E-state index in [1.54, 1.807) is 6.08 Å². The molecular formula is C20H34O4. The van der Waals surface area contributed by atoms with Gasteiger partial charge in [0.1, 0.15) is 13.2 Å². The number of hydrogen-bond donors (Lipinski definition) is 0. The molecule has 0 bridgehead atoms. The summed E-state index contributed by atoms with van der Waals surface area (Å²) in [7, 11) is 0. The average molecular weight is 338 g/mol. The molecule has 0 aromatic carbocycles. The molecule has 0 radical (unpaired) electrons. The van der Waals surface area contributed by atoms with Gasteiger partial charge in [-0.2, -0.15) is 0 Å². The van der Waals surface area contributed by atoms with Crippen molar-refractivity contribution in [2.75, 3.05) is 13.2 Å². The van der Waals surface area contributed by atoms with E-state index in [-0.39, 0.29) is 25.2 Å². The van der Waals surface area contributed by atoms with Crippen molar-refractivity contribution in [2.45, 2.75) is 61.3 Å². The summed E-state index contributed by atoms with van der Waals surface area (Å²) in [5, 5.41) is 0. The van der Waals surface area contributed by atoms with Gasteiger partial charge in [0.25, 0.3) is 0 Å². The lowest BCUT2D eigenvalue weighted by Crippen LogP contribution is -2.37. The Bertz CT molecular complexity index is 431. The molecule has 0 saturated heterocycles. The zero-order valence-electron chi connectivity index (χ0n) is 16.4. The van der Waals surface area contributed by atoms with E-state index in [0.717, 1.165) is 0 Å². The second-order valence-corrected chi connectivity index (χ2v) is 8.42. The lowest BCUT2D eigenvalue weighted by molar-refractivity contribution is -0.163. The van der Waals surface area contributed by atoms with E-state index in [9.17, 15) is 9.59 Å². The fourth-order valence-corrected chi connectivity index (χ4v) is 1.91. The van der Waals surface area contributed by atoms with Crippen LogP contribution in [0.25, 0.3) is 0 Å². The van der Waals surface area contributed by atoms with Crippen molar-refractivity contribution in [3.8, 4) is 0 Å². The Labute approximate surface area is 147 Å². The number of ether oxygens (including phenoxy) is 2. The first kappa shape index (κ1) is 22.4. The van der Waals surface area contributed by atoms with E-state index >= 15 is 0 Å². The Morgan fingerprint density at radius 2 is 1.29 bits per heavy atom. The zero-order valence-corrected chi connectivity index (χ0v) is 16.4. The molecular weight excluding hydrogens is 304 g/mol. The molecule has 0 aromatic heterocycles. The number of esters is 2. The van der Waals surface area contributed by atoms with Gasteiger partial charge in [-0.05, 0) is 61.3 Å². The van der Waals surface area contributed by atoms with Crippen molar-refractivity contribution in [1.29, 1.82) is 0 Å². The summed E-state index contributed by atoms with van der Waals surface area (Å²) in [6.45, 7) is 17.0. The van der Waals surface area contributed by atoms with Crippen molar-refractivity contribution in [3.05, 3.63) is 24.8 Å². The van der Waals surface area contributed by atoms with Gasteiger partial charge in [-0.15, -0.1) is 6.58 Å². The van der Waals surface area contributed by atoms with Crippen LogP contribution in [-0.4, -0.2) is 25.2 Å². The van der Waals surface area contributed by atoms with Gasteiger partial charge < -0.3 is 9.47 Å². The third-order valence-electron chi connectivity index (χ3n) is 3.61. The summed E-state index contributed by atoms with van der Waals surface area (Å²) in [6.07, 6.45) is 6.95. The predicted molar refractivity (Wildman–Crippen MR) is 97.5 cm³/mol. The maximum atomic E-state index is 12.1. The average Bonchev–Trinajstić information content (AvgIpc) is 2.46. The van der Waals surface area contributed by atoms with Crippen LogP contribution in [0.1, 0.15) is 61.3 Å². The third kappa shape index (κ3) is 7.80. The normalized spacial score (nSPS) is 13.0. The highest BCUT2D eigenvalue weighted by molar-refractivity contribution is 5.76. The molecule has 0 saturated carbocycles. The highest BCUT2D eigenvalue weighted by Crippen LogP contribution is 2.31. The first-order valence-corrected chi connectivity index (χ1v) is 8.44. The van der Waals surface area contributed by atoms with Crippen LogP contribution in [0.2, 0.25) is 0 Å². The molecule has 4 heteroatoms. The van der Waals surface area contributed by atoms with Crippen LogP contribution in [-0.2, 0) is 19.1 Å². The van der Waals surface area contributed by atoms with Gasteiger partial charge in [0.05, 0.1) is 10.8 Å². The molecule has 4 nitrogen and oxygen atoms in total. The Balaban J connectivity index is 5.21. The molecule has 24 heavy (non-hydrogen) atoms. The number of hydrogen-bond acceptors (Lipinski definition) is 4. The van der Waals surface area contributed by atoms with E-state index < -0.39 is 16.2 Å². The molecule has 0 spiro atoms. The van der Waals surface area contributed by atoms with Crippen LogP contribution in [0.4, 0.5) is 0 Å². The number of carbonyl (C=O) groups is 2. The second-order valence-electron chi connectivity index (χ2n) is 8.42. The molecule has 0 fully saturated rings. The van der Waals surface area contributed by atoms with Gasteiger partial charge in [-0.3, -0.25) is 9.59 Å². The van der Waals surface area contributed by atoms with E-state index in [0.29, 0.717) is 12.8 Å². The lowest BCUT2D eigenvalue weighted by Gasteiger charge is -2.33. The minimum atomic E-state index is -0.567. The summed E-state index contributed by atoms with van der Waals surface area (Å²) in [5.41, 5.74) is -1.62. The van der Waals surface area contributed by atoms with E-state index in [1.807, 2.05) is 60.6 Å². The van der Waals surface area contributed by atoms with Gasteiger partial charge in [-0.25, -0.2) is 0 Å². The van der Waals surface area contributed by atoms with Crippen LogP contribution >= 0.6 is 0 Å². The Morgan fingerprint density at radius 3 is 1.58 bits per heavy atom. The SMILES string of the molecule is C=CCC(C/C=C/C)(COC(=O)C(C)(C)C)COC(=O)C(C)(C)C. The molecule has 0 atom stereocenters. The van der Waals surface area contributed by atoms with Crippen molar-refractivity contribution in [3.63, 3.8) is 0 Å². The van der Waals surface area contributed by atoms with Crippen molar-refractivity contribution >= 4 is 11.9 Å². The van der Waals surface area contributed by atoms with Gasteiger partial charge in [-0.1, -0.05) is 18.2 Å². The summed E-state index contributed by atoms with van der Waals surface area (Å²) < 4.78 is 11.1. The smallest absolute Gasteiger partial charge is 0.311 e. The second kappa shape index (κ2) is 9.05. The molecule has 0 aromatic rings. The first-order chi connectivity index (χ1) is 10.9. The molecule has 0 rings (SSSR count). The topological polar surface area (TPSA) is 52.6 Å². The van der Waals surface area contributed by atoms with E-state index in [2.05, 4.69) is 6.58 Å². The van der Waals surface area contributed by atoms with Crippen LogP contribution < -0.4 is 0 Å². The van der Waals surface area contributed by atoms with Gasteiger partial charge in [0.15, 0.2) is 0 Å². The Morgan fingerprint density at radius 1 is 0.875 bits per heavy atom. The summed E-state index contributed by atoms with van der Waals surface area (Å²) in [6, 6.07) is 0. The van der Waals surface area contributed by atoms with Crippen molar-refractivity contribution < 1.29 is 19.1 Å². The van der Waals surface area contributed by atoms with Crippen LogP contribution in [0.15, 0.2) is 24.8 Å². The molecule has 0 N–H and O–H groups in total. The maximum Gasteiger partial charge on any atom is 0.311 e. The lowest BCUT2D eigenvalue weighted by atomic mass is 9.82. The highest BCUT2D eigenvalue weighted by atomic mass is 16.5. The predicted octanol–water partition coefficient (Wildman–Crippen LogP) is 4.69. The number of carbonyl (C=O) groups excluding carboxylic acids is 2. The number of allylic oxidation sites excluding steroid dienone is 3. The quantitative estimate of drug-likeness (QED) is 0.476. The van der Waals surface area contributed by atoms with Gasteiger partial charge in [0.2, 0.25) is 0 Å². The molecule has 0 aliphatic carbocycles. The largest absolute Gasteiger partial charge is 0.465 e. The minimum Gasteiger partial charge on any atom is -0.465 e. The Hall–Kier alpha value is -1.58. The zero-order chi connectivity index (χ0) is 19.0. The first-order valence-electron chi connectivity index (χ1n) is 8.44. The van der Waals surface area contributed by atoms with Crippen LogP contribution in [0.3, 0.4) is 0 Å².